The molecule has 1 aliphatic heterocycles. The predicted octanol–water partition coefficient (Wildman–Crippen LogP) is 1.83. The van der Waals surface area contributed by atoms with Crippen LogP contribution in [0, 0.1) is 5.92 Å². The number of hydrogen-bond acceptors (Lipinski definition) is 2. The van der Waals surface area contributed by atoms with E-state index in [1.54, 1.807) is 6.92 Å². The molecule has 0 bridgehead atoms. The lowest BCUT2D eigenvalue weighted by atomic mass is 9.97. The van der Waals surface area contributed by atoms with Crippen LogP contribution in [0.3, 0.4) is 0 Å². The lowest BCUT2D eigenvalue weighted by Crippen LogP contribution is -2.47. The van der Waals surface area contributed by atoms with Gasteiger partial charge in [-0.1, -0.05) is 6.92 Å². The van der Waals surface area contributed by atoms with Gasteiger partial charge in [0, 0.05) is 19.4 Å². The Balaban J connectivity index is 2.69. The average Bonchev–Trinajstić information content (AvgIpc) is 2.42. The summed E-state index contributed by atoms with van der Waals surface area (Å²) >= 11 is 0. The molecular weight excluding hydrogens is 261 g/mol. The van der Waals surface area contributed by atoms with Crippen molar-refractivity contribution in [1.29, 1.82) is 0 Å². The van der Waals surface area contributed by atoms with E-state index in [0.29, 0.717) is 6.42 Å². The van der Waals surface area contributed by atoms with E-state index in [1.807, 2.05) is 0 Å². The fourth-order valence-corrected chi connectivity index (χ4v) is 2.50. The molecule has 0 aromatic heterocycles. The van der Waals surface area contributed by atoms with E-state index in [2.05, 4.69) is 0 Å². The van der Waals surface area contributed by atoms with Crippen molar-refractivity contribution in [3.63, 3.8) is 0 Å². The van der Waals surface area contributed by atoms with Gasteiger partial charge in [0.1, 0.15) is 6.04 Å². The Hall–Kier alpha value is -1.27. The molecule has 2 unspecified atom stereocenters. The van der Waals surface area contributed by atoms with Crippen LogP contribution in [0.4, 0.5) is 13.2 Å². The lowest BCUT2D eigenvalue weighted by molar-refractivity contribution is -0.145. The maximum Gasteiger partial charge on any atom is 0.389 e. The largest absolute Gasteiger partial charge is 0.389 e. The van der Waals surface area contributed by atoms with E-state index in [-0.39, 0.29) is 31.7 Å². The van der Waals surface area contributed by atoms with Crippen molar-refractivity contribution in [3.05, 3.63) is 0 Å². The topological polar surface area (TPSA) is 63.4 Å². The Morgan fingerprint density at radius 1 is 1.47 bits per heavy atom. The second kappa shape index (κ2) is 6.25. The second-order valence-corrected chi connectivity index (χ2v) is 4.93. The summed E-state index contributed by atoms with van der Waals surface area (Å²) in [5.41, 5.74) is 5.21. The van der Waals surface area contributed by atoms with Crippen LogP contribution in [0.25, 0.3) is 0 Å². The molecule has 0 saturated carbocycles. The second-order valence-electron chi connectivity index (χ2n) is 4.93. The molecule has 1 heterocycles. The van der Waals surface area contributed by atoms with Crippen molar-refractivity contribution >= 4 is 11.8 Å². The van der Waals surface area contributed by atoms with Crippen LogP contribution in [-0.4, -0.2) is 35.5 Å². The van der Waals surface area contributed by atoms with Gasteiger partial charge in [-0.15, -0.1) is 0 Å². The van der Waals surface area contributed by atoms with Crippen molar-refractivity contribution in [3.8, 4) is 0 Å². The highest BCUT2D eigenvalue weighted by molar-refractivity contribution is 5.86. The number of primary amides is 1. The van der Waals surface area contributed by atoms with Gasteiger partial charge in [0.15, 0.2) is 0 Å². The van der Waals surface area contributed by atoms with Crippen LogP contribution >= 0.6 is 0 Å². The van der Waals surface area contributed by atoms with Gasteiger partial charge < -0.3 is 10.6 Å². The summed E-state index contributed by atoms with van der Waals surface area (Å²) in [6, 6.07) is -0.711. The minimum atomic E-state index is -4.21. The maximum absolute atomic E-state index is 12.3. The first kappa shape index (κ1) is 15.8. The third-order valence-electron chi connectivity index (χ3n) is 3.48. The van der Waals surface area contributed by atoms with E-state index in [0.717, 1.165) is 0 Å². The molecule has 2 N–H and O–H groups in total. The molecule has 1 aliphatic rings. The van der Waals surface area contributed by atoms with Crippen molar-refractivity contribution in [2.45, 2.75) is 51.2 Å². The minimum Gasteiger partial charge on any atom is -0.368 e. The zero-order chi connectivity index (χ0) is 14.6. The number of nitrogens with zero attached hydrogens (tertiary/aromatic N) is 1. The van der Waals surface area contributed by atoms with Crippen LogP contribution in [0.1, 0.15) is 39.0 Å². The smallest absolute Gasteiger partial charge is 0.368 e. The number of amides is 2. The molecule has 2 amide bonds. The molecule has 4 nitrogen and oxygen atoms in total. The molecular formula is C12H19F3N2O2. The highest BCUT2D eigenvalue weighted by atomic mass is 19.4. The fourth-order valence-electron chi connectivity index (χ4n) is 2.50. The van der Waals surface area contributed by atoms with Crippen molar-refractivity contribution in [2.75, 3.05) is 6.54 Å². The number of hydrogen-bond donors (Lipinski definition) is 1. The molecule has 110 valence electrons. The molecule has 1 saturated heterocycles. The van der Waals surface area contributed by atoms with E-state index in [9.17, 15) is 22.8 Å². The normalized spacial score (nSPS) is 23.1. The number of nitrogens with two attached hydrogens (primary N) is 1. The molecule has 0 aromatic rings. The van der Waals surface area contributed by atoms with E-state index in [4.69, 9.17) is 5.73 Å². The van der Waals surface area contributed by atoms with Gasteiger partial charge in [-0.3, -0.25) is 9.59 Å². The van der Waals surface area contributed by atoms with Gasteiger partial charge in [0.05, 0.1) is 0 Å². The molecule has 1 rings (SSSR count). The number of carbonyl (C=O) groups is 2. The van der Waals surface area contributed by atoms with Gasteiger partial charge in [0.25, 0.3) is 0 Å². The zero-order valence-corrected chi connectivity index (χ0v) is 10.9. The highest BCUT2D eigenvalue weighted by Gasteiger charge is 2.35. The van der Waals surface area contributed by atoms with Crippen LogP contribution in [0.5, 0.6) is 0 Å². The Morgan fingerprint density at radius 3 is 2.58 bits per heavy atom. The first-order chi connectivity index (χ1) is 8.74. The fraction of sp³-hybridized carbons (Fsp3) is 0.833. The Bertz CT molecular complexity index is 344. The summed E-state index contributed by atoms with van der Waals surface area (Å²) in [6.07, 6.45) is -4.19. The SMILES string of the molecule is CCC(C(N)=O)N1CCC(CC(F)(F)F)CCC1=O. The third-order valence-corrected chi connectivity index (χ3v) is 3.48. The minimum absolute atomic E-state index is 0.0462. The van der Waals surface area contributed by atoms with Crippen LogP contribution in [0.2, 0.25) is 0 Å². The molecule has 0 spiro atoms. The van der Waals surface area contributed by atoms with Crippen molar-refractivity contribution < 1.29 is 22.8 Å². The van der Waals surface area contributed by atoms with Gasteiger partial charge in [0.2, 0.25) is 11.8 Å². The van der Waals surface area contributed by atoms with Gasteiger partial charge >= 0.3 is 6.18 Å². The maximum atomic E-state index is 12.3. The summed E-state index contributed by atoms with van der Waals surface area (Å²) in [7, 11) is 0. The van der Waals surface area contributed by atoms with Crippen molar-refractivity contribution in [2.24, 2.45) is 11.7 Å². The number of rotatable bonds is 4. The lowest BCUT2D eigenvalue weighted by Gasteiger charge is -2.27. The molecule has 7 heteroatoms. The van der Waals surface area contributed by atoms with Crippen LogP contribution in [0.15, 0.2) is 0 Å². The van der Waals surface area contributed by atoms with Gasteiger partial charge in [-0.05, 0) is 25.2 Å². The van der Waals surface area contributed by atoms with E-state index >= 15 is 0 Å². The number of halogens is 3. The summed E-state index contributed by atoms with van der Waals surface area (Å²) in [5.74, 6) is -1.44. The monoisotopic (exact) mass is 280 g/mol. The molecule has 1 fully saturated rings. The Morgan fingerprint density at radius 2 is 2.11 bits per heavy atom. The summed E-state index contributed by atoms with van der Waals surface area (Å²) in [4.78, 5) is 24.4. The molecule has 0 radical (unpaired) electrons. The first-order valence-corrected chi connectivity index (χ1v) is 6.40. The van der Waals surface area contributed by atoms with E-state index < -0.39 is 30.5 Å². The van der Waals surface area contributed by atoms with E-state index in [1.165, 1.54) is 4.90 Å². The van der Waals surface area contributed by atoms with Gasteiger partial charge in [-0.2, -0.15) is 13.2 Å². The Kier molecular flexibility index (Phi) is 5.20. The molecule has 2 atom stereocenters. The van der Waals surface area contributed by atoms with Crippen molar-refractivity contribution in [1.82, 2.24) is 4.90 Å². The quantitative estimate of drug-likeness (QED) is 0.854. The standard InChI is InChI=1S/C12H19F3N2O2/c1-2-9(11(16)19)17-6-5-8(3-4-10(17)18)7-12(13,14)15/h8-9H,2-7H2,1H3,(H2,16,19). The van der Waals surface area contributed by atoms with Crippen LogP contribution < -0.4 is 5.73 Å². The summed E-state index contributed by atoms with van der Waals surface area (Å²) in [5, 5.41) is 0. The number of alkyl halides is 3. The van der Waals surface area contributed by atoms with Gasteiger partial charge in [-0.25, -0.2) is 0 Å². The number of carbonyl (C=O) groups excluding carboxylic acids is 2. The third kappa shape index (κ3) is 4.72. The molecule has 0 aliphatic carbocycles. The molecule has 19 heavy (non-hydrogen) atoms. The number of likely N-dealkylation sites (tertiary alicyclic amines) is 1. The highest BCUT2D eigenvalue weighted by Crippen LogP contribution is 2.31. The Labute approximate surface area is 110 Å². The average molecular weight is 280 g/mol. The molecule has 0 aromatic carbocycles. The summed E-state index contributed by atoms with van der Waals surface area (Å²) < 4.78 is 37.0. The predicted molar refractivity (Wildman–Crippen MR) is 63.0 cm³/mol. The summed E-state index contributed by atoms with van der Waals surface area (Å²) in [6.45, 7) is 1.89. The van der Waals surface area contributed by atoms with Crippen LogP contribution in [-0.2, 0) is 9.59 Å². The zero-order valence-electron chi connectivity index (χ0n) is 10.9. The first-order valence-electron chi connectivity index (χ1n) is 6.40.